The van der Waals surface area contributed by atoms with Gasteiger partial charge in [-0.1, -0.05) is 6.07 Å². The van der Waals surface area contributed by atoms with Gasteiger partial charge in [-0.3, -0.25) is 3.07 Å². The molecule has 54 valence electrons. The highest BCUT2D eigenvalue weighted by Crippen LogP contribution is 2.16. The Bertz CT molecular complexity index is 262. The van der Waals surface area contributed by atoms with Gasteiger partial charge in [0.2, 0.25) is 0 Å². The topological polar surface area (TPSA) is 17.1 Å². The van der Waals surface area contributed by atoms with E-state index in [1.54, 1.807) is 0 Å². The van der Waals surface area contributed by atoms with E-state index in [2.05, 4.69) is 0 Å². The van der Waals surface area contributed by atoms with E-state index in [1.165, 1.54) is 12.1 Å². The van der Waals surface area contributed by atoms with Crippen LogP contribution in [0.4, 0.5) is 8.78 Å². The van der Waals surface area contributed by atoms with E-state index in [4.69, 9.17) is 0 Å². The lowest BCUT2D eigenvalue weighted by molar-refractivity contribution is 0.503. The number of hydrogen-bond acceptors (Lipinski definition) is 1. The Morgan fingerprint density at radius 1 is 1.30 bits per heavy atom. The predicted molar refractivity (Wildman–Crippen MR) is 39.8 cm³/mol. The second-order valence-electron chi connectivity index (χ2n) is 1.61. The van der Waals surface area contributed by atoms with Crippen molar-refractivity contribution in [2.45, 2.75) is 0 Å². The minimum absolute atomic E-state index is 0.0150. The van der Waals surface area contributed by atoms with Crippen LogP contribution in [0.25, 0.3) is 0 Å². The van der Waals surface area contributed by atoms with E-state index in [-0.39, 0.29) is 3.57 Å². The Morgan fingerprint density at radius 2 is 2.00 bits per heavy atom. The molecule has 10 heavy (non-hydrogen) atoms. The molecule has 4 heteroatoms. The molecule has 1 nitrogen and oxygen atoms in total. The molecule has 0 aliphatic heterocycles. The van der Waals surface area contributed by atoms with Crippen LogP contribution in [-0.4, -0.2) is 0 Å². The number of halogens is 3. The molecule has 0 heterocycles. The summed E-state index contributed by atoms with van der Waals surface area (Å²) >= 11 is -1.59. The van der Waals surface area contributed by atoms with E-state index in [9.17, 15) is 11.8 Å². The molecule has 0 amide bonds. The van der Waals surface area contributed by atoms with Gasteiger partial charge < -0.3 is 0 Å². The van der Waals surface area contributed by atoms with Crippen molar-refractivity contribution < 1.29 is 11.8 Å². The first-order valence-corrected chi connectivity index (χ1v) is 4.42. The van der Waals surface area contributed by atoms with Gasteiger partial charge in [-0.15, -0.1) is 0 Å². The summed E-state index contributed by atoms with van der Waals surface area (Å²) in [5.74, 6) is -1.92. The maximum Gasteiger partial charge on any atom is 0.185 e. The first kappa shape index (κ1) is 7.71. The number of hydrogen-bond donors (Lipinski definition) is 0. The third-order valence-electron chi connectivity index (χ3n) is 0.988. The molecule has 0 aromatic heterocycles. The summed E-state index contributed by atoms with van der Waals surface area (Å²) in [5.41, 5.74) is 0. The van der Waals surface area contributed by atoms with Gasteiger partial charge in [-0.05, 0) is 12.1 Å². The van der Waals surface area contributed by atoms with E-state index in [0.29, 0.717) is 0 Å². The first-order valence-electron chi connectivity index (χ1n) is 2.47. The zero-order valence-corrected chi connectivity index (χ0v) is 6.93. The summed E-state index contributed by atoms with van der Waals surface area (Å²) in [4.78, 5) is 0. The fraction of sp³-hybridized carbons (Fsp3) is 0. The summed E-state index contributed by atoms with van der Waals surface area (Å²) in [6.07, 6.45) is 0. The lowest BCUT2D eigenvalue weighted by atomic mass is 10.3. The summed E-state index contributed by atoms with van der Waals surface area (Å²) in [7, 11) is 0. The van der Waals surface area contributed by atoms with Crippen molar-refractivity contribution in [2.75, 3.05) is 0 Å². The predicted octanol–water partition coefficient (Wildman–Crippen LogP) is 2.45. The van der Waals surface area contributed by atoms with Crippen LogP contribution >= 0.6 is 21.2 Å². The summed E-state index contributed by atoms with van der Waals surface area (Å²) in [6, 6.07) is 3.66. The van der Waals surface area contributed by atoms with E-state index < -0.39 is 32.8 Å². The van der Waals surface area contributed by atoms with Crippen molar-refractivity contribution in [2.24, 2.45) is 0 Å². The molecule has 1 aromatic rings. The maximum absolute atomic E-state index is 12.5. The average molecular weight is 256 g/mol. The Labute approximate surface area is 66.7 Å². The van der Waals surface area contributed by atoms with Crippen LogP contribution in [0.5, 0.6) is 0 Å². The molecule has 0 N–H and O–H groups in total. The molecule has 0 unspecified atom stereocenters. The van der Waals surface area contributed by atoms with E-state index >= 15 is 0 Å². The summed E-state index contributed by atoms with van der Waals surface area (Å²) in [5, 5.41) is 0. The van der Waals surface area contributed by atoms with Crippen molar-refractivity contribution >= 4 is 21.2 Å². The number of benzene rings is 1. The molecule has 0 aliphatic carbocycles. The average Bonchev–Trinajstić information content (AvgIpc) is 1.95. The van der Waals surface area contributed by atoms with Crippen molar-refractivity contribution in [3.05, 3.63) is 33.4 Å². The molecule has 0 radical (unpaired) electrons. The molecule has 0 bridgehead atoms. The van der Waals surface area contributed by atoms with Crippen molar-refractivity contribution in [1.29, 1.82) is 0 Å². The molecule has 0 saturated carbocycles. The molecule has 0 fully saturated rings. The highest BCUT2D eigenvalue weighted by Gasteiger charge is 2.05. The SMILES string of the molecule is O=Ic1cccc(F)c1F. The Morgan fingerprint density at radius 3 is 2.50 bits per heavy atom. The molecule has 1 rings (SSSR count). The van der Waals surface area contributed by atoms with Crippen molar-refractivity contribution in [3.8, 4) is 0 Å². The molecular weight excluding hydrogens is 253 g/mol. The maximum atomic E-state index is 12.5. The second-order valence-corrected chi connectivity index (χ2v) is 3.22. The van der Waals surface area contributed by atoms with Crippen LogP contribution in [0.3, 0.4) is 0 Å². The third-order valence-corrected chi connectivity index (χ3v) is 2.30. The minimum atomic E-state index is -1.59. The van der Waals surface area contributed by atoms with Crippen molar-refractivity contribution in [3.63, 3.8) is 0 Å². The van der Waals surface area contributed by atoms with E-state index in [1.807, 2.05) is 0 Å². The van der Waals surface area contributed by atoms with Gasteiger partial charge in [0.1, 0.15) is 0 Å². The van der Waals surface area contributed by atoms with Crippen LogP contribution in [0, 0.1) is 15.2 Å². The van der Waals surface area contributed by atoms with Gasteiger partial charge in [-0.25, -0.2) is 8.78 Å². The molecule has 1 aromatic carbocycles. The highest BCUT2D eigenvalue weighted by atomic mass is 127. The van der Waals surface area contributed by atoms with Crippen LogP contribution in [-0.2, 0) is 3.07 Å². The quantitative estimate of drug-likeness (QED) is 0.557. The van der Waals surface area contributed by atoms with Gasteiger partial charge >= 0.3 is 0 Å². The molecule has 0 aliphatic rings. The van der Waals surface area contributed by atoms with Crippen molar-refractivity contribution in [1.82, 2.24) is 0 Å². The van der Waals surface area contributed by atoms with Crippen LogP contribution in [0.1, 0.15) is 0 Å². The largest absolute Gasteiger partial charge is 0.265 e. The minimum Gasteiger partial charge on any atom is -0.265 e. The lowest BCUT2D eigenvalue weighted by Gasteiger charge is -1.91. The fourth-order valence-electron chi connectivity index (χ4n) is 0.537. The van der Waals surface area contributed by atoms with Crippen LogP contribution in [0.2, 0.25) is 0 Å². The Hall–Kier alpha value is -0.390. The highest BCUT2D eigenvalue weighted by molar-refractivity contribution is 14.1. The third kappa shape index (κ3) is 1.36. The van der Waals surface area contributed by atoms with Gasteiger partial charge in [0, 0.05) is 0 Å². The normalized spacial score (nSPS) is 9.80. The molecular formula is C6H3F2IO. The smallest absolute Gasteiger partial charge is 0.185 e. The molecule has 0 atom stereocenters. The zero-order chi connectivity index (χ0) is 7.56. The number of rotatable bonds is 1. The molecule has 0 spiro atoms. The van der Waals surface area contributed by atoms with Crippen LogP contribution < -0.4 is 0 Å². The molecule has 0 saturated heterocycles. The Balaban J connectivity index is 3.27. The lowest BCUT2D eigenvalue weighted by Crippen LogP contribution is -1.86. The summed E-state index contributed by atoms with van der Waals surface area (Å²) < 4.78 is 34.9. The Kier molecular flexibility index (Phi) is 2.42. The van der Waals surface area contributed by atoms with Gasteiger partial charge in [0.25, 0.3) is 0 Å². The van der Waals surface area contributed by atoms with E-state index in [0.717, 1.165) is 6.07 Å². The monoisotopic (exact) mass is 256 g/mol. The van der Waals surface area contributed by atoms with Gasteiger partial charge in [-0.2, -0.15) is 0 Å². The second kappa shape index (κ2) is 3.14. The summed E-state index contributed by atoms with van der Waals surface area (Å²) in [6.45, 7) is 0. The standard InChI is InChI=1S/C6H3F2IO/c7-4-2-1-3-5(9-10)6(4)8/h1-3H. The van der Waals surface area contributed by atoms with Gasteiger partial charge in [0.05, 0.1) is 3.57 Å². The zero-order valence-electron chi connectivity index (χ0n) is 4.77. The first-order chi connectivity index (χ1) is 4.75. The van der Waals surface area contributed by atoms with Crippen LogP contribution in [0.15, 0.2) is 18.2 Å². The van der Waals surface area contributed by atoms with Gasteiger partial charge in [0.15, 0.2) is 32.8 Å². The fourth-order valence-corrected chi connectivity index (χ4v) is 1.34.